The highest BCUT2D eigenvalue weighted by Crippen LogP contribution is 2.20. The van der Waals surface area contributed by atoms with E-state index < -0.39 is 0 Å². The molecule has 3 rings (SSSR count). The number of nitrogens with one attached hydrogen (secondary N) is 1. The second-order valence-corrected chi connectivity index (χ2v) is 7.02. The highest BCUT2D eigenvalue weighted by Gasteiger charge is 2.24. The standard InChI is InChI=1S/C20H23ClN4O/c1-15(17-6-10-22-11-7-17)23-24-20(26)18-8-12-25(13-9-18)14-16-2-4-19(21)5-3-16/h2-7,10-11,18H,8-9,12-14H2,1H3,(H,24,26). The van der Waals surface area contributed by atoms with Gasteiger partial charge in [0.25, 0.3) is 0 Å². The van der Waals surface area contributed by atoms with E-state index in [-0.39, 0.29) is 11.8 Å². The van der Waals surface area contributed by atoms with Crippen molar-refractivity contribution in [1.82, 2.24) is 15.3 Å². The van der Waals surface area contributed by atoms with Crippen LogP contribution in [0.1, 0.15) is 30.9 Å². The van der Waals surface area contributed by atoms with Crippen molar-refractivity contribution < 1.29 is 4.79 Å². The Hall–Kier alpha value is -2.24. The smallest absolute Gasteiger partial charge is 0.243 e. The topological polar surface area (TPSA) is 57.6 Å². The zero-order valence-corrected chi connectivity index (χ0v) is 15.6. The van der Waals surface area contributed by atoms with E-state index in [4.69, 9.17) is 11.6 Å². The Bertz CT molecular complexity index is 753. The molecular weight excluding hydrogens is 348 g/mol. The minimum absolute atomic E-state index is 0.00421. The molecule has 0 unspecified atom stereocenters. The summed E-state index contributed by atoms with van der Waals surface area (Å²) in [6, 6.07) is 11.7. The number of carbonyl (C=O) groups is 1. The van der Waals surface area contributed by atoms with Crippen molar-refractivity contribution in [2.24, 2.45) is 11.0 Å². The van der Waals surface area contributed by atoms with Crippen molar-refractivity contribution in [2.75, 3.05) is 13.1 Å². The molecule has 0 bridgehead atoms. The first kappa shape index (κ1) is 18.5. The molecule has 6 heteroatoms. The van der Waals surface area contributed by atoms with E-state index in [1.165, 1.54) is 5.56 Å². The van der Waals surface area contributed by atoms with Crippen molar-refractivity contribution in [3.63, 3.8) is 0 Å². The normalized spacial score (nSPS) is 16.5. The van der Waals surface area contributed by atoms with Crippen LogP contribution in [0.15, 0.2) is 53.9 Å². The SMILES string of the molecule is CC(=NNC(=O)C1CCN(Cc2ccc(Cl)cc2)CC1)c1ccncc1. The molecule has 1 fully saturated rings. The molecule has 2 aromatic rings. The molecule has 0 spiro atoms. The van der Waals surface area contributed by atoms with Gasteiger partial charge in [-0.3, -0.25) is 14.7 Å². The number of hydrazone groups is 1. The summed E-state index contributed by atoms with van der Waals surface area (Å²) < 4.78 is 0. The van der Waals surface area contributed by atoms with E-state index in [1.54, 1.807) is 12.4 Å². The van der Waals surface area contributed by atoms with E-state index in [9.17, 15) is 4.79 Å². The largest absolute Gasteiger partial charge is 0.299 e. The summed E-state index contributed by atoms with van der Waals surface area (Å²) in [5.74, 6) is 0.0232. The number of halogens is 1. The van der Waals surface area contributed by atoms with Crippen LogP contribution in [0, 0.1) is 5.92 Å². The van der Waals surface area contributed by atoms with Crippen LogP contribution in [0.3, 0.4) is 0 Å². The Balaban J connectivity index is 1.47. The minimum atomic E-state index is 0.00421. The third kappa shape index (κ3) is 5.13. The molecular formula is C20H23ClN4O. The maximum absolute atomic E-state index is 12.4. The van der Waals surface area contributed by atoms with Crippen LogP contribution >= 0.6 is 11.6 Å². The predicted octanol–water partition coefficient (Wildman–Crippen LogP) is 3.49. The average molecular weight is 371 g/mol. The summed E-state index contributed by atoms with van der Waals surface area (Å²) in [6.45, 7) is 4.59. The molecule has 0 radical (unpaired) electrons. The number of pyridine rings is 1. The zero-order valence-electron chi connectivity index (χ0n) is 14.9. The van der Waals surface area contributed by atoms with Gasteiger partial charge >= 0.3 is 0 Å². The number of amides is 1. The molecule has 0 atom stereocenters. The quantitative estimate of drug-likeness (QED) is 0.647. The summed E-state index contributed by atoms with van der Waals surface area (Å²) in [7, 11) is 0. The van der Waals surface area contributed by atoms with E-state index in [1.807, 2.05) is 31.2 Å². The number of nitrogens with zero attached hydrogens (tertiary/aromatic N) is 3. The number of benzene rings is 1. The Kier molecular flexibility index (Phi) is 6.36. The van der Waals surface area contributed by atoms with Gasteiger partial charge in [0, 0.05) is 35.4 Å². The molecule has 1 aliphatic heterocycles. The van der Waals surface area contributed by atoms with Crippen LogP contribution in [0.25, 0.3) is 0 Å². The lowest BCUT2D eigenvalue weighted by Crippen LogP contribution is -2.39. The number of rotatable bonds is 5. The van der Waals surface area contributed by atoms with E-state index in [0.717, 1.165) is 48.8 Å². The van der Waals surface area contributed by atoms with Gasteiger partial charge < -0.3 is 0 Å². The molecule has 1 N–H and O–H groups in total. The van der Waals surface area contributed by atoms with Crippen LogP contribution in [-0.4, -0.2) is 34.6 Å². The monoisotopic (exact) mass is 370 g/mol. The fraction of sp³-hybridized carbons (Fsp3) is 0.350. The van der Waals surface area contributed by atoms with Gasteiger partial charge in [-0.25, -0.2) is 5.43 Å². The lowest BCUT2D eigenvalue weighted by molar-refractivity contribution is -0.126. The average Bonchev–Trinajstić information content (AvgIpc) is 2.69. The van der Waals surface area contributed by atoms with Crippen molar-refractivity contribution in [2.45, 2.75) is 26.3 Å². The van der Waals surface area contributed by atoms with Crippen LogP contribution < -0.4 is 5.43 Å². The third-order valence-corrected chi connectivity index (χ3v) is 4.96. The van der Waals surface area contributed by atoms with Crippen molar-refractivity contribution >= 4 is 23.2 Å². The van der Waals surface area contributed by atoms with Gasteiger partial charge in [-0.15, -0.1) is 0 Å². The molecule has 5 nitrogen and oxygen atoms in total. The van der Waals surface area contributed by atoms with Gasteiger partial charge in [0.15, 0.2) is 0 Å². The van der Waals surface area contributed by atoms with Crippen LogP contribution in [-0.2, 0) is 11.3 Å². The molecule has 1 saturated heterocycles. The molecule has 1 aliphatic rings. The number of aromatic nitrogens is 1. The maximum atomic E-state index is 12.4. The molecule has 1 amide bonds. The van der Waals surface area contributed by atoms with Crippen molar-refractivity contribution in [1.29, 1.82) is 0 Å². The second kappa shape index (κ2) is 8.92. The van der Waals surface area contributed by atoms with Gasteiger partial charge in [-0.1, -0.05) is 23.7 Å². The summed E-state index contributed by atoms with van der Waals surface area (Å²) >= 11 is 5.93. The Morgan fingerprint density at radius 3 is 2.50 bits per heavy atom. The summed E-state index contributed by atoms with van der Waals surface area (Å²) in [5, 5.41) is 4.98. The minimum Gasteiger partial charge on any atom is -0.299 e. The van der Waals surface area contributed by atoms with Gasteiger partial charge in [0.1, 0.15) is 0 Å². The summed E-state index contributed by atoms with van der Waals surface area (Å²) in [6.07, 6.45) is 5.13. The van der Waals surface area contributed by atoms with Gasteiger partial charge in [-0.05, 0) is 62.7 Å². The first-order valence-electron chi connectivity index (χ1n) is 8.83. The van der Waals surface area contributed by atoms with Crippen molar-refractivity contribution in [3.05, 3.63) is 64.9 Å². The number of carbonyl (C=O) groups excluding carboxylic acids is 1. The lowest BCUT2D eigenvalue weighted by Gasteiger charge is -2.30. The van der Waals surface area contributed by atoms with E-state index in [2.05, 4.69) is 32.5 Å². The Morgan fingerprint density at radius 1 is 1.19 bits per heavy atom. The lowest BCUT2D eigenvalue weighted by atomic mass is 9.96. The molecule has 1 aromatic carbocycles. The van der Waals surface area contributed by atoms with Gasteiger partial charge in [-0.2, -0.15) is 5.10 Å². The van der Waals surface area contributed by atoms with E-state index in [0.29, 0.717) is 0 Å². The first-order chi connectivity index (χ1) is 12.6. The fourth-order valence-corrected chi connectivity index (χ4v) is 3.22. The van der Waals surface area contributed by atoms with Crippen LogP contribution in [0.4, 0.5) is 0 Å². The third-order valence-electron chi connectivity index (χ3n) is 4.71. The molecule has 136 valence electrons. The number of hydrogen-bond donors (Lipinski definition) is 1. The number of hydrogen-bond acceptors (Lipinski definition) is 4. The molecule has 1 aromatic heterocycles. The summed E-state index contributed by atoms with van der Waals surface area (Å²) in [5.41, 5.74) is 5.70. The second-order valence-electron chi connectivity index (χ2n) is 6.59. The predicted molar refractivity (Wildman–Crippen MR) is 104 cm³/mol. The van der Waals surface area contributed by atoms with Crippen LogP contribution in [0.5, 0.6) is 0 Å². The molecule has 2 heterocycles. The number of piperidine rings is 1. The van der Waals surface area contributed by atoms with E-state index >= 15 is 0 Å². The Labute approximate surface area is 159 Å². The Morgan fingerprint density at radius 2 is 1.85 bits per heavy atom. The van der Waals surface area contributed by atoms with Crippen LogP contribution in [0.2, 0.25) is 5.02 Å². The fourth-order valence-electron chi connectivity index (χ4n) is 3.09. The highest BCUT2D eigenvalue weighted by atomic mass is 35.5. The zero-order chi connectivity index (χ0) is 18.4. The highest BCUT2D eigenvalue weighted by molar-refractivity contribution is 6.30. The van der Waals surface area contributed by atoms with Crippen molar-refractivity contribution in [3.8, 4) is 0 Å². The van der Waals surface area contributed by atoms with Gasteiger partial charge in [0.05, 0.1) is 5.71 Å². The molecule has 0 saturated carbocycles. The molecule has 26 heavy (non-hydrogen) atoms. The molecule has 0 aliphatic carbocycles. The van der Waals surface area contributed by atoms with Gasteiger partial charge in [0.2, 0.25) is 5.91 Å². The maximum Gasteiger partial charge on any atom is 0.243 e. The summed E-state index contributed by atoms with van der Waals surface area (Å²) in [4.78, 5) is 18.7. The number of likely N-dealkylation sites (tertiary alicyclic amines) is 1. The first-order valence-corrected chi connectivity index (χ1v) is 9.21.